The van der Waals surface area contributed by atoms with Crippen LogP contribution in [0.1, 0.15) is 38.7 Å². The second kappa shape index (κ2) is 7.51. The van der Waals surface area contributed by atoms with Crippen molar-refractivity contribution in [2.75, 3.05) is 14.2 Å². The van der Waals surface area contributed by atoms with Crippen molar-refractivity contribution in [1.29, 1.82) is 0 Å². The quantitative estimate of drug-likeness (QED) is 0.785. The van der Waals surface area contributed by atoms with Crippen LogP contribution in [0.2, 0.25) is 0 Å². The van der Waals surface area contributed by atoms with E-state index in [0.29, 0.717) is 0 Å². The molecule has 0 saturated carbocycles. The molecule has 3 nitrogen and oxygen atoms in total. The Labute approximate surface area is 116 Å². The first-order valence-corrected chi connectivity index (χ1v) is 6.83. The smallest absolute Gasteiger partial charge is 0.118 e. The molecule has 0 amide bonds. The molecular weight excluding hydrogens is 240 g/mol. The second-order valence-corrected chi connectivity index (χ2v) is 5.54. The summed E-state index contributed by atoms with van der Waals surface area (Å²) in [5.41, 5.74) is 1.08. The number of benzene rings is 1. The van der Waals surface area contributed by atoms with E-state index >= 15 is 0 Å². The molecule has 0 heterocycles. The minimum Gasteiger partial charge on any atom is -0.497 e. The number of ether oxygens (including phenoxy) is 2. The van der Waals surface area contributed by atoms with Gasteiger partial charge in [0.2, 0.25) is 0 Å². The van der Waals surface area contributed by atoms with Crippen molar-refractivity contribution in [3.63, 3.8) is 0 Å². The number of hydrogen-bond acceptors (Lipinski definition) is 3. The van der Waals surface area contributed by atoms with Gasteiger partial charge in [0, 0.05) is 7.11 Å². The molecule has 108 valence electrons. The zero-order chi connectivity index (χ0) is 14.3. The maximum atomic E-state index is 9.99. The average Bonchev–Trinajstić information content (AvgIpc) is 2.43. The van der Waals surface area contributed by atoms with Gasteiger partial charge in [-0.3, -0.25) is 0 Å². The standard InChI is InChI=1S/C16H26O3/c1-16(2,19-4)12-11-14(17)8-5-13-6-9-15(18-3)10-7-13/h6-7,9-10,14,17H,5,8,11-12H2,1-4H3. The third-order valence-electron chi connectivity index (χ3n) is 3.56. The molecule has 1 rings (SSSR count). The van der Waals surface area contributed by atoms with Crippen LogP contribution in [0.15, 0.2) is 24.3 Å². The highest BCUT2D eigenvalue weighted by Crippen LogP contribution is 2.19. The summed E-state index contributed by atoms with van der Waals surface area (Å²) in [6.45, 7) is 4.09. The fourth-order valence-electron chi connectivity index (χ4n) is 1.89. The fraction of sp³-hybridized carbons (Fsp3) is 0.625. The Balaban J connectivity index is 2.31. The van der Waals surface area contributed by atoms with Crippen molar-refractivity contribution < 1.29 is 14.6 Å². The molecule has 0 aliphatic heterocycles. The van der Waals surface area contributed by atoms with Crippen LogP contribution in [0.5, 0.6) is 5.75 Å². The highest BCUT2D eigenvalue weighted by atomic mass is 16.5. The van der Waals surface area contributed by atoms with Crippen LogP contribution < -0.4 is 4.74 Å². The lowest BCUT2D eigenvalue weighted by Crippen LogP contribution is -2.24. The van der Waals surface area contributed by atoms with Crippen LogP contribution in [-0.4, -0.2) is 31.0 Å². The third kappa shape index (κ3) is 6.08. The van der Waals surface area contributed by atoms with E-state index in [0.717, 1.165) is 31.4 Å². The molecule has 1 aromatic carbocycles. The van der Waals surface area contributed by atoms with Gasteiger partial charge in [-0.05, 0) is 57.2 Å². The van der Waals surface area contributed by atoms with E-state index in [1.165, 1.54) is 5.56 Å². The lowest BCUT2D eigenvalue weighted by atomic mass is 9.97. The first kappa shape index (κ1) is 16.0. The number of aliphatic hydroxyl groups excluding tert-OH is 1. The lowest BCUT2D eigenvalue weighted by Gasteiger charge is -2.24. The monoisotopic (exact) mass is 266 g/mol. The van der Waals surface area contributed by atoms with Crippen molar-refractivity contribution >= 4 is 0 Å². The van der Waals surface area contributed by atoms with Crippen LogP contribution in [0.4, 0.5) is 0 Å². The van der Waals surface area contributed by atoms with Crippen LogP contribution in [-0.2, 0) is 11.2 Å². The molecule has 0 aromatic heterocycles. The molecule has 0 fully saturated rings. The molecule has 19 heavy (non-hydrogen) atoms. The lowest BCUT2D eigenvalue weighted by molar-refractivity contribution is 0.00231. The Morgan fingerprint density at radius 2 is 1.74 bits per heavy atom. The second-order valence-electron chi connectivity index (χ2n) is 5.54. The summed E-state index contributed by atoms with van der Waals surface area (Å²) in [4.78, 5) is 0. The maximum absolute atomic E-state index is 9.99. The van der Waals surface area contributed by atoms with E-state index in [9.17, 15) is 5.11 Å². The van der Waals surface area contributed by atoms with Crippen molar-refractivity contribution in [3.05, 3.63) is 29.8 Å². The van der Waals surface area contributed by atoms with Crippen molar-refractivity contribution in [2.24, 2.45) is 0 Å². The van der Waals surface area contributed by atoms with E-state index in [4.69, 9.17) is 9.47 Å². The van der Waals surface area contributed by atoms with Crippen LogP contribution in [0, 0.1) is 0 Å². The van der Waals surface area contributed by atoms with E-state index in [1.54, 1.807) is 14.2 Å². The van der Waals surface area contributed by atoms with Gasteiger partial charge in [-0.25, -0.2) is 0 Å². The van der Waals surface area contributed by atoms with Crippen LogP contribution in [0.25, 0.3) is 0 Å². The number of hydrogen-bond donors (Lipinski definition) is 1. The van der Waals surface area contributed by atoms with Gasteiger partial charge >= 0.3 is 0 Å². The van der Waals surface area contributed by atoms with Crippen LogP contribution in [0.3, 0.4) is 0 Å². The van der Waals surface area contributed by atoms with Crippen molar-refractivity contribution in [3.8, 4) is 5.75 Å². The van der Waals surface area contributed by atoms with E-state index in [-0.39, 0.29) is 11.7 Å². The summed E-state index contributed by atoms with van der Waals surface area (Å²) < 4.78 is 10.5. The summed E-state index contributed by atoms with van der Waals surface area (Å²) in [6.07, 6.45) is 3.05. The average molecular weight is 266 g/mol. The molecule has 1 unspecified atom stereocenters. The summed E-state index contributed by atoms with van der Waals surface area (Å²) >= 11 is 0. The first-order valence-electron chi connectivity index (χ1n) is 6.83. The number of aryl methyl sites for hydroxylation is 1. The third-order valence-corrected chi connectivity index (χ3v) is 3.56. The number of aliphatic hydroxyl groups is 1. The predicted octanol–water partition coefficient (Wildman–Crippen LogP) is 3.19. The zero-order valence-electron chi connectivity index (χ0n) is 12.5. The van der Waals surface area contributed by atoms with Gasteiger partial charge in [-0.2, -0.15) is 0 Å². The van der Waals surface area contributed by atoms with Gasteiger partial charge in [0.25, 0.3) is 0 Å². The molecule has 0 spiro atoms. The molecule has 3 heteroatoms. The molecule has 1 aromatic rings. The molecular formula is C16H26O3. The molecule has 0 saturated heterocycles. The molecule has 1 N–H and O–H groups in total. The van der Waals surface area contributed by atoms with Gasteiger partial charge in [-0.15, -0.1) is 0 Å². The Bertz CT molecular complexity index is 357. The molecule has 0 aliphatic carbocycles. The van der Waals surface area contributed by atoms with Crippen molar-refractivity contribution in [1.82, 2.24) is 0 Å². The molecule has 0 radical (unpaired) electrons. The fourth-order valence-corrected chi connectivity index (χ4v) is 1.89. The SMILES string of the molecule is COc1ccc(CCC(O)CCC(C)(C)OC)cc1. The number of rotatable bonds is 8. The largest absolute Gasteiger partial charge is 0.497 e. The van der Waals surface area contributed by atoms with Gasteiger partial charge in [-0.1, -0.05) is 12.1 Å². The minimum atomic E-state index is -0.267. The normalized spacial score (nSPS) is 13.3. The molecule has 0 aliphatic rings. The Morgan fingerprint density at radius 3 is 2.26 bits per heavy atom. The first-order chi connectivity index (χ1) is 8.96. The van der Waals surface area contributed by atoms with Crippen molar-refractivity contribution in [2.45, 2.75) is 51.2 Å². The predicted molar refractivity (Wildman–Crippen MR) is 77.6 cm³/mol. The summed E-state index contributed by atoms with van der Waals surface area (Å²) in [7, 11) is 3.38. The summed E-state index contributed by atoms with van der Waals surface area (Å²) in [5, 5.41) is 9.99. The van der Waals surface area contributed by atoms with Gasteiger partial charge < -0.3 is 14.6 Å². The zero-order valence-corrected chi connectivity index (χ0v) is 12.5. The summed E-state index contributed by atoms with van der Waals surface area (Å²) in [5.74, 6) is 0.867. The Hall–Kier alpha value is -1.06. The van der Waals surface area contributed by atoms with Gasteiger partial charge in [0.15, 0.2) is 0 Å². The molecule has 1 atom stereocenters. The minimum absolute atomic E-state index is 0.152. The topological polar surface area (TPSA) is 38.7 Å². The highest BCUT2D eigenvalue weighted by molar-refractivity contribution is 5.27. The van der Waals surface area contributed by atoms with Gasteiger partial charge in [0.1, 0.15) is 5.75 Å². The number of methoxy groups -OCH3 is 2. The van der Waals surface area contributed by atoms with Crippen LogP contribution >= 0.6 is 0 Å². The maximum Gasteiger partial charge on any atom is 0.118 e. The molecule has 0 bridgehead atoms. The highest BCUT2D eigenvalue weighted by Gasteiger charge is 2.18. The van der Waals surface area contributed by atoms with E-state index < -0.39 is 0 Å². The summed E-state index contributed by atoms with van der Waals surface area (Å²) in [6, 6.07) is 8.00. The van der Waals surface area contributed by atoms with E-state index in [1.807, 2.05) is 38.1 Å². The Kier molecular flexibility index (Phi) is 6.32. The van der Waals surface area contributed by atoms with E-state index in [2.05, 4.69) is 0 Å². The van der Waals surface area contributed by atoms with Gasteiger partial charge in [0.05, 0.1) is 18.8 Å². The Morgan fingerprint density at radius 1 is 1.11 bits per heavy atom.